The summed E-state index contributed by atoms with van der Waals surface area (Å²) in [7, 11) is 0. The molecule has 1 aromatic heterocycles. The zero-order chi connectivity index (χ0) is 16.1. The second-order valence-corrected chi connectivity index (χ2v) is 6.30. The maximum Gasteiger partial charge on any atom is 0.273 e. The van der Waals surface area contributed by atoms with Gasteiger partial charge in [0.05, 0.1) is 6.54 Å². The molecule has 1 N–H and O–H groups in total. The van der Waals surface area contributed by atoms with E-state index in [-0.39, 0.29) is 17.8 Å². The molecular weight excluding hydrogens is 317 g/mol. The number of ether oxygens (including phenoxy) is 1. The smallest absolute Gasteiger partial charge is 0.273 e. The number of hydrogen-bond acceptors (Lipinski definition) is 5. The highest BCUT2D eigenvalue weighted by Crippen LogP contribution is 2.20. The van der Waals surface area contributed by atoms with E-state index in [1.807, 2.05) is 5.38 Å². The molecule has 5 nitrogen and oxygen atoms in total. The number of carbonyl (C=O) groups is 1. The van der Waals surface area contributed by atoms with Crippen LogP contribution in [0.3, 0.4) is 0 Å². The van der Waals surface area contributed by atoms with Crippen LogP contribution in [0.15, 0.2) is 35.8 Å². The third-order valence-electron chi connectivity index (χ3n) is 3.71. The predicted octanol–water partition coefficient (Wildman–Crippen LogP) is 2.76. The molecule has 1 saturated heterocycles. The van der Waals surface area contributed by atoms with Crippen molar-refractivity contribution in [1.82, 2.24) is 9.88 Å². The van der Waals surface area contributed by atoms with Gasteiger partial charge in [0, 0.05) is 30.4 Å². The molecule has 0 atom stereocenters. The van der Waals surface area contributed by atoms with Gasteiger partial charge in [0.1, 0.15) is 11.9 Å². The fourth-order valence-electron chi connectivity index (χ4n) is 2.53. The lowest BCUT2D eigenvalue weighted by molar-refractivity contribution is -0.117. The summed E-state index contributed by atoms with van der Waals surface area (Å²) in [5.41, 5.74) is 0.610. The van der Waals surface area contributed by atoms with Gasteiger partial charge in [-0.2, -0.15) is 0 Å². The molecule has 1 fully saturated rings. The lowest BCUT2D eigenvalue weighted by Gasteiger charge is -2.30. The van der Waals surface area contributed by atoms with Gasteiger partial charge in [0.25, 0.3) is 5.19 Å². The quantitative estimate of drug-likeness (QED) is 0.913. The Balaban J connectivity index is 1.41. The summed E-state index contributed by atoms with van der Waals surface area (Å²) in [5.74, 6) is -0.402. The second-order valence-electron chi connectivity index (χ2n) is 5.45. The Kier molecular flexibility index (Phi) is 5.19. The molecule has 0 radical (unpaired) electrons. The van der Waals surface area contributed by atoms with Gasteiger partial charge < -0.3 is 10.1 Å². The predicted molar refractivity (Wildman–Crippen MR) is 87.2 cm³/mol. The summed E-state index contributed by atoms with van der Waals surface area (Å²) in [6.45, 7) is 1.96. The van der Waals surface area contributed by atoms with Crippen LogP contribution in [0.2, 0.25) is 0 Å². The molecule has 0 aliphatic carbocycles. The Morgan fingerprint density at radius 3 is 2.74 bits per heavy atom. The fraction of sp³-hybridized carbons (Fsp3) is 0.375. The van der Waals surface area contributed by atoms with Gasteiger partial charge in [0.15, 0.2) is 0 Å². The van der Waals surface area contributed by atoms with Crippen molar-refractivity contribution in [3.05, 3.63) is 41.7 Å². The van der Waals surface area contributed by atoms with Crippen molar-refractivity contribution in [3.63, 3.8) is 0 Å². The average molecular weight is 335 g/mol. The van der Waals surface area contributed by atoms with E-state index in [1.54, 1.807) is 18.3 Å². The van der Waals surface area contributed by atoms with Crippen molar-refractivity contribution < 1.29 is 13.9 Å². The first-order chi connectivity index (χ1) is 11.2. The van der Waals surface area contributed by atoms with Crippen molar-refractivity contribution >= 4 is 22.9 Å². The number of carbonyl (C=O) groups excluding carboxylic acids is 1. The van der Waals surface area contributed by atoms with Crippen LogP contribution in [-0.4, -0.2) is 41.5 Å². The number of benzene rings is 1. The molecule has 2 heterocycles. The number of aromatic nitrogens is 1. The fourth-order valence-corrected chi connectivity index (χ4v) is 3.08. The number of nitrogens with one attached hydrogen (secondary N) is 1. The summed E-state index contributed by atoms with van der Waals surface area (Å²) in [4.78, 5) is 18.2. The molecule has 0 spiro atoms. The number of nitrogens with zero attached hydrogens (tertiary/aromatic N) is 2. The van der Waals surface area contributed by atoms with Crippen molar-refractivity contribution in [2.24, 2.45) is 0 Å². The summed E-state index contributed by atoms with van der Waals surface area (Å²) in [6, 6.07) is 5.77. The van der Waals surface area contributed by atoms with Gasteiger partial charge in [0.2, 0.25) is 5.91 Å². The second kappa shape index (κ2) is 7.52. The molecule has 0 unspecified atom stereocenters. The van der Waals surface area contributed by atoms with Crippen LogP contribution in [0, 0.1) is 5.82 Å². The number of piperidine rings is 1. The van der Waals surface area contributed by atoms with Crippen LogP contribution in [-0.2, 0) is 4.79 Å². The highest BCUT2D eigenvalue weighted by Gasteiger charge is 2.22. The monoisotopic (exact) mass is 335 g/mol. The summed E-state index contributed by atoms with van der Waals surface area (Å²) in [5, 5.41) is 5.38. The number of likely N-dealkylation sites (tertiary alicyclic amines) is 1. The largest absolute Gasteiger partial charge is 0.467 e. The summed E-state index contributed by atoms with van der Waals surface area (Å²) in [6.07, 6.45) is 3.65. The van der Waals surface area contributed by atoms with E-state index in [0.29, 0.717) is 17.4 Å². The maximum absolute atomic E-state index is 12.8. The minimum atomic E-state index is -0.315. The van der Waals surface area contributed by atoms with Gasteiger partial charge in [-0.1, -0.05) is 11.3 Å². The van der Waals surface area contributed by atoms with Crippen LogP contribution in [0.4, 0.5) is 10.1 Å². The molecule has 122 valence electrons. The zero-order valence-corrected chi connectivity index (χ0v) is 13.4. The summed E-state index contributed by atoms with van der Waals surface area (Å²) < 4.78 is 18.6. The van der Waals surface area contributed by atoms with Crippen molar-refractivity contribution in [2.45, 2.75) is 18.9 Å². The standard InChI is InChI=1S/C16H18FN3O2S/c17-12-1-3-13(4-2-12)19-15(21)11-20-8-5-14(6-9-20)22-16-18-7-10-23-16/h1-4,7,10,14H,5-6,8-9,11H2,(H,19,21). The van der Waals surface area contributed by atoms with Crippen LogP contribution in [0.5, 0.6) is 5.19 Å². The number of hydrogen-bond donors (Lipinski definition) is 1. The number of anilines is 1. The number of amides is 1. The molecule has 2 aromatic rings. The van der Waals surface area contributed by atoms with E-state index < -0.39 is 0 Å². The number of thiazole rings is 1. The Hall–Kier alpha value is -1.99. The minimum Gasteiger partial charge on any atom is -0.467 e. The molecule has 23 heavy (non-hydrogen) atoms. The van der Waals surface area contributed by atoms with Crippen LogP contribution >= 0.6 is 11.3 Å². The first-order valence-electron chi connectivity index (χ1n) is 7.53. The van der Waals surface area contributed by atoms with E-state index in [2.05, 4.69) is 15.2 Å². The van der Waals surface area contributed by atoms with Gasteiger partial charge in [-0.25, -0.2) is 9.37 Å². The Bertz CT molecular complexity index is 625. The molecular formula is C16H18FN3O2S. The Labute approximate surface area is 138 Å². The lowest BCUT2D eigenvalue weighted by Crippen LogP contribution is -2.42. The van der Waals surface area contributed by atoms with Crippen molar-refractivity contribution in [2.75, 3.05) is 25.0 Å². The Morgan fingerprint density at radius 2 is 2.09 bits per heavy atom. The minimum absolute atomic E-state index is 0.0871. The van der Waals surface area contributed by atoms with E-state index >= 15 is 0 Å². The van der Waals surface area contributed by atoms with Gasteiger partial charge in [-0.3, -0.25) is 9.69 Å². The van der Waals surface area contributed by atoms with Gasteiger partial charge in [-0.15, -0.1) is 0 Å². The van der Waals surface area contributed by atoms with Crippen molar-refractivity contribution in [1.29, 1.82) is 0 Å². The molecule has 0 bridgehead atoms. The van der Waals surface area contributed by atoms with Crippen LogP contribution < -0.4 is 10.1 Å². The van der Waals surface area contributed by atoms with E-state index in [0.717, 1.165) is 25.9 Å². The first-order valence-corrected chi connectivity index (χ1v) is 8.41. The van der Waals surface area contributed by atoms with Crippen molar-refractivity contribution in [3.8, 4) is 5.19 Å². The highest BCUT2D eigenvalue weighted by molar-refractivity contribution is 7.11. The molecule has 1 aliphatic heterocycles. The number of rotatable bonds is 5. The van der Waals surface area contributed by atoms with E-state index in [9.17, 15) is 9.18 Å². The average Bonchev–Trinajstić information content (AvgIpc) is 3.04. The van der Waals surface area contributed by atoms with E-state index in [1.165, 1.54) is 23.5 Å². The zero-order valence-electron chi connectivity index (χ0n) is 12.6. The topological polar surface area (TPSA) is 54.5 Å². The molecule has 3 rings (SSSR count). The number of halogens is 1. The molecule has 1 aliphatic rings. The molecule has 7 heteroatoms. The molecule has 1 amide bonds. The molecule has 1 aromatic carbocycles. The third-order valence-corrected chi connectivity index (χ3v) is 4.37. The third kappa shape index (κ3) is 4.74. The molecule has 0 saturated carbocycles. The SMILES string of the molecule is O=C(CN1CCC(Oc2nccs2)CC1)Nc1ccc(F)cc1. The lowest BCUT2D eigenvalue weighted by atomic mass is 10.1. The van der Waals surface area contributed by atoms with Gasteiger partial charge >= 0.3 is 0 Å². The summed E-state index contributed by atoms with van der Waals surface area (Å²) >= 11 is 1.49. The van der Waals surface area contributed by atoms with Crippen LogP contribution in [0.1, 0.15) is 12.8 Å². The van der Waals surface area contributed by atoms with E-state index in [4.69, 9.17) is 4.74 Å². The Morgan fingerprint density at radius 1 is 1.35 bits per heavy atom. The normalized spacial score (nSPS) is 16.2. The highest BCUT2D eigenvalue weighted by atomic mass is 32.1. The first kappa shape index (κ1) is 15.9. The van der Waals surface area contributed by atoms with Gasteiger partial charge in [-0.05, 0) is 37.1 Å². The maximum atomic E-state index is 12.8. The van der Waals surface area contributed by atoms with Crippen LogP contribution in [0.25, 0.3) is 0 Å².